The van der Waals surface area contributed by atoms with Crippen molar-refractivity contribution in [1.29, 1.82) is 0 Å². The van der Waals surface area contributed by atoms with Crippen LogP contribution in [-0.4, -0.2) is 64.7 Å². The van der Waals surface area contributed by atoms with Crippen molar-refractivity contribution in [1.82, 2.24) is 20.2 Å². The molecule has 4 bridgehead atoms. The minimum atomic E-state index is -0.456. The maximum Gasteiger partial charge on any atom is 0.255 e. The standard InChI is InChI=1S/C22H31N5O2/c1-27(2)6-5-24-21(28)17-12-25-20-16(3-4-23-20)19(17)26-18-14-7-13-8-15(18)11-22(29,9-13)10-14/h3-4,12-15,18,29H,5-11H2,1-2H3,(H,24,28)(H2,23,25,26)/t13?,14?,15?,18-,22+. The fourth-order valence-electron chi connectivity index (χ4n) is 6.21. The Bertz CT molecular complexity index is 907. The molecule has 4 aliphatic rings. The molecule has 2 aromatic heterocycles. The van der Waals surface area contributed by atoms with Gasteiger partial charge in [0.05, 0.1) is 16.9 Å². The first-order valence-corrected chi connectivity index (χ1v) is 10.8. The van der Waals surface area contributed by atoms with E-state index in [1.54, 1.807) is 6.20 Å². The fourth-order valence-corrected chi connectivity index (χ4v) is 6.21. The average Bonchev–Trinajstić information content (AvgIpc) is 3.12. The monoisotopic (exact) mass is 397 g/mol. The van der Waals surface area contributed by atoms with E-state index in [1.165, 1.54) is 12.8 Å². The predicted octanol–water partition coefficient (Wildman–Crippen LogP) is 2.21. The number of H-pyrrole nitrogens is 1. The Morgan fingerprint density at radius 3 is 2.76 bits per heavy atom. The van der Waals surface area contributed by atoms with Crippen molar-refractivity contribution in [3.05, 3.63) is 24.0 Å². The van der Waals surface area contributed by atoms with Crippen LogP contribution in [0.2, 0.25) is 0 Å². The molecule has 1 amide bonds. The topological polar surface area (TPSA) is 93.3 Å². The molecule has 2 heterocycles. The summed E-state index contributed by atoms with van der Waals surface area (Å²) in [7, 11) is 3.99. The van der Waals surface area contributed by atoms with Crippen LogP contribution in [0.3, 0.4) is 0 Å². The van der Waals surface area contributed by atoms with Gasteiger partial charge in [0.25, 0.3) is 5.91 Å². The number of carbonyl (C=O) groups is 1. The summed E-state index contributed by atoms with van der Waals surface area (Å²) in [6, 6.07) is 2.30. The van der Waals surface area contributed by atoms with Crippen LogP contribution in [0.4, 0.5) is 5.69 Å². The summed E-state index contributed by atoms with van der Waals surface area (Å²) >= 11 is 0. The Kier molecular flexibility index (Phi) is 4.55. The average molecular weight is 398 g/mol. The molecule has 7 nitrogen and oxygen atoms in total. The van der Waals surface area contributed by atoms with E-state index in [0.717, 1.165) is 42.5 Å². The van der Waals surface area contributed by atoms with Gasteiger partial charge in [-0.3, -0.25) is 4.79 Å². The van der Waals surface area contributed by atoms with Gasteiger partial charge in [-0.15, -0.1) is 0 Å². The summed E-state index contributed by atoms with van der Waals surface area (Å²) in [6.07, 6.45) is 8.65. The predicted molar refractivity (Wildman–Crippen MR) is 113 cm³/mol. The second-order valence-electron chi connectivity index (χ2n) is 9.71. The maximum absolute atomic E-state index is 13.0. The van der Waals surface area contributed by atoms with Gasteiger partial charge in [0.2, 0.25) is 0 Å². The van der Waals surface area contributed by atoms with E-state index >= 15 is 0 Å². The van der Waals surface area contributed by atoms with Gasteiger partial charge in [0, 0.05) is 36.9 Å². The molecule has 0 spiro atoms. The van der Waals surface area contributed by atoms with Crippen LogP contribution in [0, 0.1) is 17.8 Å². The number of aromatic amines is 1. The first kappa shape index (κ1) is 18.9. The highest BCUT2D eigenvalue weighted by atomic mass is 16.3. The molecule has 0 saturated heterocycles. The van der Waals surface area contributed by atoms with Crippen LogP contribution < -0.4 is 10.6 Å². The number of amides is 1. The molecule has 2 aromatic rings. The minimum Gasteiger partial charge on any atom is -0.390 e. The third kappa shape index (κ3) is 3.40. The van der Waals surface area contributed by atoms with Gasteiger partial charge in [-0.1, -0.05) is 0 Å². The number of carbonyl (C=O) groups excluding carboxylic acids is 1. The number of hydrogen-bond donors (Lipinski definition) is 4. The molecule has 0 aromatic carbocycles. The van der Waals surface area contributed by atoms with Gasteiger partial charge in [-0.25, -0.2) is 4.98 Å². The Hall–Kier alpha value is -2.12. The Balaban J connectivity index is 1.43. The lowest BCUT2D eigenvalue weighted by Crippen LogP contribution is -2.59. The zero-order chi connectivity index (χ0) is 20.2. The third-order valence-electron chi connectivity index (χ3n) is 7.23. The number of nitrogens with zero attached hydrogens (tertiary/aromatic N) is 2. The highest BCUT2D eigenvalue weighted by molar-refractivity contribution is 6.06. The lowest BCUT2D eigenvalue weighted by atomic mass is 9.52. The van der Waals surface area contributed by atoms with Gasteiger partial charge in [-0.2, -0.15) is 0 Å². The molecule has 4 N–H and O–H groups in total. The van der Waals surface area contributed by atoms with E-state index in [0.29, 0.717) is 35.9 Å². The molecule has 7 heteroatoms. The van der Waals surface area contributed by atoms with Crippen LogP contribution >= 0.6 is 0 Å². The van der Waals surface area contributed by atoms with E-state index < -0.39 is 5.60 Å². The molecule has 0 radical (unpaired) electrons. The van der Waals surface area contributed by atoms with Crippen molar-refractivity contribution < 1.29 is 9.90 Å². The third-order valence-corrected chi connectivity index (χ3v) is 7.23. The summed E-state index contributed by atoms with van der Waals surface area (Å²) in [5, 5.41) is 18.7. The van der Waals surface area contributed by atoms with Gasteiger partial charge >= 0.3 is 0 Å². The molecule has 4 fully saturated rings. The molecule has 4 saturated carbocycles. The van der Waals surface area contributed by atoms with Crippen LogP contribution in [-0.2, 0) is 0 Å². The number of aromatic nitrogens is 2. The zero-order valence-corrected chi connectivity index (χ0v) is 17.2. The van der Waals surface area contributed by atoms with Crippen molar-refractivity contribution >= 4 is 22.6 Å². The van der Waals surface area contributed by atoms with Gasteiger partial charge in [0.1, 0.15) is 5.65 Å². The smallest absolute Gasteiger partial charge is 0.255 e. The number of rotatable bonds is 6. The first-order chi connectivity index (χ1) is 13.9. The van der Waals surface area contributed by atoms with Crippen LogP contribution in [0.1, 0.15) is 42.5 Å². The molecular formula is C22H31N5O2. The van der Waals surface area contributed by atoms with Crippen LogP contribution in [0.15, 0.2) is 18.5 Å². The van der Waals surface area contributed by atoms with Crippen molar-refractivity contribution in [2.45, 2.75) is 43.7 Å². The minimum absolute atomic E-state index is 0.0904. The summed E-state index contributed by atoms with van der Waals surface area (Å²) in [5.74, 6) is 1.51. The van der Waals surface area contributed by atoms with E-state index in [2.05, 4.69) is 20.6 Å². The van der Waals surface area contributed by atoms with E-state index in [1.807, 2.05) is 31.3 Å². The number of fused-ring (bicyclic) bond motifs is 1. The van der Waals surface area contributed by atoms with Crippen molar-refractivity contribution in [2.75, 3.05) is 32.5 Å². The number of hydrogen-bond acceptors (Lipinski definition) is 5. The lowest BCUT2D eigenvalue weighted by molar-refractivity contribution is -0.129. The quantitative estimate of drug-likeness (QED) is 0.600. The normalized spacial score (nSPS) is 32.8. The summed E-state index contributed by atoms with van der Waals surface area (Å²) in [5.41, 5.74) is 1.81. The highest BCUT2D eigenvalue weighted by Gasteiger charge is 2.54. The molecule has 0 aliphatic heterocycles. The lowest BCUT2D eigenvalue weighted by Gasteiger charge is -2.58. The Morgan fingerprint density at radius 1 is 1.31 bits per heavy atom. The summed E-state index contributed by atoms with van der Waals surface area (Å²) in [6.45, 7) is 1.39. The molecule has 2 atom stereocenters. The molecule has 29 heavy (non-hydrogen) atoms. The van der Waals surface area contributed by atoms with Gasteiger partial charge in [0.15, 0.2) is 0 Å². The number of anilines is 1. The molecule has 2 unspecified atom stereocenters. The van der Waals surface area contributed by atoms with E-state index in [-0.39, 0.29) is 5.91 Å². The van der Waals surface area contributed by atoms with Crippen molar-refractivity contribution in [3.8, 4) is 0 Å². The zero-order valence-electron chi connectivity index (χ0n) is 17.2. The van der Waals surface area contributed by atoms with E-state index in [4.69, 9.17) is 0 Å². The fraction of sp³-hybridized carbons (Fsp3) is 0.636. The highest BCUT2D eigenvalue weighted by Crippen LogP contribution is 2.56. The second-order valence-corrected chi connectivity index (χ2v) is 9.71. The van der Waals surface area contributed by atoms with Gasteiger partial charge < -0.3 is 25.6 Å². The van der Waals surface area contributed by atoms with Crippen molar-refractivity contribution in [3.63, 3.8) is 0 Å². The first-order valence-electron chi connectivity index (χ1n) is 10.8. The molecule has 156 valence electrons. The van der Waals surface area contributed by atoms with Gasteiger partial charge in [-0.05, 0) is 70.0 Å². The summed E-state index contributed by atoms with van der Waals surface area (Å²) < 4.78 is 0. The molecular weight excluding hydrogens is 366 g/mol. The molecule has 4 aliphatic carbocycles. The Labute approximate surface area is 171 Å². The Morgan fingerprint density at radius 2 is 2.07 bits per heavy atom. The second kappa shape index (κ2) is 6.99. The number of pyridine rings is 1. The largest absolute Gasteiger partial charge is 0.390 e. The van der Waals surface area contributed by atoms with Crippen molar-refractivity contribution in [2.24, 2.45) is 17.8 Å². The van der Waals surface area contributed by atoms with E-state index in [9.17, 15) is 9.90 Å². The maximum atomic E-state index is 13.0. The van der Waals surface area contributed by atoms with Crippen LogP contribution in [0.5, 0.6) is 0 Å². The number of aliphatic hydroxyl groups is 1. The van der Waals surface area contributed by atoms with Crippen LogP contribution in [0.25, 0.3) is 11.0 Å². The summed E-state index contributed by atoms with van der Waals surface area (Å²) in [4.78, 5) is 22.6. The molecule has 6 rings (SSSR count). The number of nitrogens with one attached hydrogen (secondary N) is 3. The SMILES string of the molecule is CN(C)CCNC(=O)c1cnc2[nH]ccc2c1N[C@H]1C2CC3CC1C[C@@](O)(C3)C2. The number of likely N-dealkylation sites (N-methyl/N-ethyl adjacent to an activating group) is 1.